The molecule has 0 bridgehead atoms. The summed E-state index contributed by atoms with van der Waals surface area (Å²) in [4.78, 5) is 0. The van der Waals surface area contributed by atoms with Gasteiger partial charge in [-0.3, -0.25) is 0 Å². The molecule has 1 aromatic carbocycles. The van der Waals surface area contributed by atoms with Crippen LogP contribution < -0.4 is 11.1 Å². The number of nitrogens with zero attached hydrogens (tertiary/aromatic N) is 1. The number of aliphatic hydroxyl groups is 2. The summed E-state index contributed by atoms with van der Waals surface area (Å²) < 4.78 is 13.2. The molecule has 0 aliphatic carbocycles. The van der Waals surface area contributed by atoms with Gasteiger partial charge in [0.1, 0.15) is 5.82 Å². The Kier molecular flexibility index (Phi) is 5.22. The molecule has 1 aromatic rings. The Labute approximate surface area is 110 Å². The summed E-state index contributed by atoms with van der Waals surface area (Å²) in [5.41, 5.74) is 5.46. The molecule has 19 heavy (non-hydrogen) atoms. The Bertz CT molecular complexity index is 462. The number of hydrogen-bond acceptors (Lipinski definition) is 5. The first-order valence-corrected chi connectivity index (χ1v) is 5.69. The number of hydrogen-bond donors (Lipinski definition) is 5. The van der Waals surface area contributed by atoms with E-state index < -0.39 is 11.4 Å². The Hall–Kier alpha value is -1.70. The predicted octanol–water partition coefficient (Wildman–Crippen LogP) is -0.247. The van der Waals surface area contributed by atoms with Crippen LogP contribution in [-0.4, -0.2) is 40.0 Å². The number of benzene rings is 1. The molecule has 0 spiro atoms. The Morgan fingerprint density at radius 3 is 2.58 bits per heavy atom. The van der Waals surface area contributed by atoms with Crippen molar-refractivity contribution >= 4 is 5.84 Å². The van der Waals surface area contributed by atoms with E-state index in [0.717, 1.165) is 6.07 Å². The van der Waals surface area contributed by atoms with Gasteiger partial charge in [0.25, 0.3) is 0 Å². The fraction of sp³-hybridized carbons (Fsp3) is 0.417. The molecule has 6 N–H and O–H groups in total. The van der Waals surface area contributed by atoms with Crippen LogP contribution in [0.2, 0.25) is 0 Å². The van der Waals surface area contributed by atoms with Crippen LogP contribution in [0.25, 0.3) is 0 Å². The van der Waals surface area contributed by atoms with Crippen LogP contribution in [-0.2, 0) is 6.54 Å². The monoisotopic (exact) mass is 271 g/mol. The van der Waals surface area contributed by atoms with Gasteiger partial charge < -0.3 is 26.5 Å². The maximum atomic E-state index is 13.2. The molecule has 106 valence electrons. The minimum atomic E-state index is -0.864. The molecular weight excluding hydrogens is 253 g/mol. The molecule has 0 heterocycles. The van der Waals surface area contributed by atoms with E-state index in [0.29, 0.717) is 5.56 Å². The predicted molar refractivity (Wildman–Crippen MR) is 68.3 cm³/mol. The Balaban J connectivity index is 2.95. The number of rotatable bonds is 6. The van der Waals surface area contributed by atoms with Gasteiger partial charge in [-0.2, -0.15) is 0 Å². The maximum Gasteiger partial charge on any atom is 0.170 e. The summed E-state index contributed by atoms with van der Waals surface area (Å²) in [6, 6.07) is 3.90. The van der Waals surface area contributed by atoms with E-state index in [1.54, 1.807) is 6.92 Å². The number of nitrogens with one attached hydrogen (secondary N) is 1. The smallest absolute Gasteiger partial charge is 0.170 e. The highest BCUT2D eigenvalue weighted by Crippen LogP contribution is 2.13. The van der Waals surface area contributed by atoms with E-state index >= 15 is 0 Å². The number of nitrogens with two attached hydrogens (primary N) is 1. The van der Waals surface area contributed by atoms with Crippen LogP contribution in [0.15, 0.2) is 23.4 Å². The van der Waals surface area contributed by atoms with Gasteiger partial charge in [-0.25, -0.2) is 4.39 Å². The van der Waals surface area contributed by atoms with Gasteiger partial charge in [0.2, 0.25) is 0 Å². The van der Waals surface area contributed by atoms with Gasteiger partial charge in [-0.1, -0.05) is 11.2 Å². The van der Waals surface area contributed by atoms with E-state index in [2.05, 4.69) is 10.5 Å². The summed E-state index contributed by atoms with van der Waals surface area (Å²) in [7, 11) is 0. The molecule has 1 rings (SSSR count). The SMILES string of the molecule is CC(CO)(CO)NCc1ccc(F)cc1/C(N)=N/O. The van der Waals surface area contributed by atoms with Crippen molar-refractivity contribution < 1.29 is 19.8 Å². The van der Waals surface area contributed by atoms with Gasteiger partial charge in [0.05, 0.1) is 18.8 Å². The third kappa shape index (κ3) is 3.88. The van der Waals surface area contributed by atoms with Crippen molar-refractivity contribution in [3.63, 3.8) is 0 Å². The summed E-state index contributed by atoms with van der Waals surface area (Å²) >= 11 is 0. The second kappa shape index (κ2) is 6.46. The molecule has 0 saturated carbocycles. The molecule has 0 aliphatic heterocycles. The van der Waals surface area contributed by atoms with E-state index in [9.17, 15) is 4.39 Å². The van der Waals surface area contributed by atoms with Crippen molar-refractivity contribution in [1.29, 1.82) is 0 Å². The van der Waals surface area contributed by atoms with Gasteiger partial charge in [0, 0.05) is 12.1 Å². The highest BCUT2D eigenvalue weighted by molar-refractivity contribution is 5.98. The minimum Gasteiger partial charge on any atom is -0.409 e. The quantitative estimate of drug-likeness (QED) is 0.212. The first-order valence-electron chi connectivity index (χ1n) is 5.69. The topological polar surface area (TPSA) is 111 Å². The highest BCUT2D eigenvalue weighted by atomic mass is 19.1. The lowest BCUT2D eigenvalue weighted by molar-refractivity contribution is 0.103. The standard InChI is InChI=1S/C12H18FN3O3/c1-12(6-17,7-18)15-5-8-2-3-9(13)4-10(8)11(14)16-19/h2-4,15,17-19H,5-7H2,1H3,(H2,14,16). The number of halogens is 1. The first-order chi connectivity index (χ1) is 8.95. The molecule has 0 aromatic heterocycles. The molecule has 0 unspecified atom stereocenters. The second-order valence-corrected chi connectivity index (χ2v) is 4.52. The average molecular weight is 271 g/mol. The lowest BCUT2D eigenvalue weighted by atomic mass is 10.0. The highest BCUT2D eigenvalue weighted by Gasteiger charge is 2.22. The lowest BCUT2D eigenvalue weighted by Gasteiger charge is -2.26. The molecule has 0 amide bonds. The van der Waals surface area contributed by atoms with Crippen molar-refractivity contribution in [2.75, 3.05) is 13.2 Å². The van der Waals surface area contributed by atoms with Gasteiger partial charge in [0.15, 0.2) is 5.84 Å². The molecule has 6 nitrogen and oxygen atoms in total. The van der Waals surface area contributed by atoms with Gasteiger partial charge in [-0.15, -0.1) is 0 Å². The third-order valence-corrected chi connectivity index (χ3v) is 2.86. The normalized spacial score (nSPS) is 12.7. The van der Waals surface area contributed by atoms with Crippen LogP contribution in [0.1, 0.15) is 18.1 Å². The number of amidine groups is 1. The van der Waals surface area contributed by atoms with E-state index in [4.69, 9.17) is 21.2 Å². The summed E-state index contributed by atoms with van der Waals surface area (Å²) in [5.74, 6) is -0.705. The van der Waals surface area contributed by atoms with Crippen LogP contribution in [0.3, 0.4) is 0 Å². The fourth-order valence-electron chi connectivity index (χ4n) is 1.47. The van der Waals surface area contributed by atoms with E-state index in [-0.39, 0.29) is 31.2 Å². The van der Waals surface area contributed by atoms with Crippen LogP contribution >= 0.6 is 0 Å². The van der Waals surface area contributed by atoms with Gasteiger partial charge >= 0.3 is 0 Å². The van der Waals surface area contributed by atoms with Crippen molar-refractivity contribution in [2.24, 2.45) is 10.9 Å². The summed E-state index contributed by atoms with van der Waals surface area (Å²) in [6.07, 6.45) is 0. The minimum absolute atomic E-state index is 0.203. The molecule has 0 saturated heterocycles. The molecule has 0 radical (unpaired) electrons. The van der Waals surface area contributed by atoms with Crippen LogP contribution in [0.5, 0.6) is 0 Å². The van der Waals surface area contributed by atoms with E-state index in [1.165, 1.54) is 12.1 Å². The Morgan fingerprint density at radius 1 is 1.42 bits per heavy atom. The zero-order chi connectivity index (χ0) is 14.5. The van der Waals surface area contributed by atoms with Crippen molar-refractivity contribution in [3.8, 4) is 0 Å². The van der Waals surface area contributed by atoms with Crippen LogP contribution in [0.4, 0.5) is 4.39 Å². The molecule has 0 atom stereocenters. The van der Waals surface area contributed by atoms with Gasteiger partial charge in [-0.05, 0) is 24.6 Å². The second-order valence-electron chi connectivity index (χ2n) is 4.52. The van der Waals surface area contributed by atoms with E-state index in [1.807, 2.05) is 0 Å². The summed E-state index contributed by atoms with van der Waals surface area (Å²) in [5, 5.41) is 32.8. The van der Waals surface area contributed by atoms with Crippen molar-refractivity contribution in [3.05, 3.63) is 35.1 Å². The molecule has 7 heteroatoms. The summed E-state index contributed by atoms with van der Waals surface area (Å²) in [6.45, 7) is 1.34. The first kappa shape index (κ1) is 15.4. The number of oxime groups is 1. The zero-order valence-corrected chi connectivity index (χ0v) is 10.6. The fourth-order valence-corrected chi connectivity index (χ4v) is 1.47. The average Bonchev–Trinajstić information content (AvgIpc) is 2.44. The van der Waals surface area contributed by atoms with Crippen molar-refractivity contribution in [2.45, 2.75) is 19.0 Å². The molecule has 0 fully saturated rings. The van der Waals surface area contributed by atoms with Crippen LogP contribution in [0, 0.1) is 5.82 Å². The van der Waals surface area contributed by atoms with Crippen molar-refractivity contribution in [1.82, 2.24) is 5.32 Å². The maximum absolute atomic E-state index is 13.2. The largest absolute Gasteiger partial charge is 0.409 e. The Morgan fingerprint density at radius 2 is 2.05 bits per heavy atom. The molecular formula is C12H18FN3O3. The third-order valence-electron chi connectivity index (χ3n) is 2.86. The zero-order valence-electron chi connectivity index (χ0n) is 10.6. The lowest BCUT2D eigenvalue weighted by Crippen LogP contribution is -2.48. The molecule has 0 aliphatic rings. The number of aliphatic hydroxyl groups excluding tert-OH is 2.